The van der Waals surface area contributed by atoms with Gasteiger partial charge in [0.25, 0.3) is 0 Å². The summed E-state index contributed by atoms with van der Waals surface area (Å²) in [5, 5.41) is 8.57. The molecule has 0 unspecified atom stereocenters. The summed E-state index contributed by atoms with van der Waals surface area (Å²) in [6, 6.07) is 2.12. The van der Waals surface area contributed by atoms with Gasteiger partial charge in [0.2, 0.25) is 0 Å². The van der Waals surface area contributed by atoms with Gasteiger partial charge in [0.1, 0.15) is 0 Å². The van der Waals surface area contributed by atoms with E-state index in [0.29, 0.717) is 6.42 Å². The van der Waals surface area contributed by atoms with Crippen LogP contribution in [0, 0.1) is 16.7 Å². The number of hydrogen-bond acceptors (Lipinski definition) is 1. The van der Waals surface area contributed by atoms with Crippen molar-refractivity contribution in [2.75, 3.05) is 0 Å². The molecular formula is C15H21N. The van der Waals surface area contributed by atoms with Crippen LogP contribution in [-0.2, 0) is 0 Å². The summed E-state index contributed by atoms with van der Waals surface area (Å²) in [6.45, 7) is 10.7. The van der Waals surface area contributed by atoms with Crippen molar-refractivity contribution in [1.29, 1.82) is 5.26 Å². The van der Waals surface area contributed by atoms with Crippen LogP contribution in [0.1, 0.15) is 46.5 Å². The zero-order valence-corrected chi connectivity index (χ0v) is 10.6. The van der Waals surface area contributed by atoms with Gasteiger partial charge in [0.15, 0.2) is 0 Å². The molecule has 0 radical (unpaired) electrons. The molecule has 0 spiro atoms. The van der Waals surface area contributed by atoms with Gasteiger partial charge < -0.3 is 0 Å². The summed E-state index contributed by atoms with van der Waals surface area (Å²) < 4.78 is 0. The van der Waals surface area contributed by atoms with Crippen molar-refractivity contribution in [3.63, 3.8) is 0 Å². The Hall–Kier alpha value is -1.29. The first kappa shape index (κ1) is 12.8. The fourth-order valence-corrected chi connectivity index (χ4v) is 2.37. The molecule has 0 aromatic rings. The molecule has 16 heavy (non-hydrogen) atoms. The van der Waals surface area contributed by atoms with Crippen molar-refractivity contribution in [2.45, 2.75) is 46.5 Å². The zero-order valence-electron chi connectivity index (χ0n) is 10.6. The molecule has 0 fully saturated rings. The summed E-state index contributed by atoms with van der Waals surface area (Å²) in [5.74, 6) is 0. The van der Waals surface area contributed by atoms with E-state index in [1.54, 1.807) is 0 Å². The van der Waals surface area contributed by atoms with Crippen LogP contribution < -0.4 is 0 Å². The molecular weight excluding hydrogens is 194 g/mol. The van der Waals surface area contributed by atoms with Gasteiger partial charge in [-0.1, -0.05) is 38.2 Å². The third-order valence-electron chi connectivity index (χ3n) is 3.33. The maximum Gasteiger partial charge on any atom is 0.0669 e. The van der Waals surface area contributed by atoms with Crippen molar-refractivity contribution < 1.29 is 0 Å². The Morgan fingerprint density at radius 2 is 2.25 bits per heavy atom. The van der Waals surface area contributed by atoms with Crippen LogP contribution in [0.3, 0.4) is 0 Å². The van der Waals surface area contributed by atoms with Crippen molar-refractivity contribution in [3.05, 3.63) is 35.5 Å². The first-order valence-corrected chi connectivity index (χ1v) is 5.90. The topological polar surface area (TPSA) is 23.8 Å². The normalized spacial score (nSPS) is 19.9. The molecule has 1 rings (SSSR count). The molecule has 0 heterocycles. The minimum absolute atomic E-state index is 0.270. The summed E-state index contributed by atoms with van der Waals surface area (Å²) >= 11 is 0. The standard InChI is InChI=1S/C15H21N/c1-12(9-11-16)7-8-14-13(2)6-5-10-15(14,3)4/h7-8H,1,5-6,9-10H2,2-4H3/b8-7+. The third kappa shape index (κ3) is 3.10. The smallest absolute Gasteiger partial charge is 0.0669 e. The second-order valence-electron chi connectivity index (χ2n) is 5.26. The SMILES string of the molecule is C=C(/C=C/C1=C(C)CCCC1(C)C)CC#N. The Kier molecular flexibility index (Phi) is 4.12. The lowest BCUT2D eigenvalue weighted by molar-refractivity contribution is 0.377. The highest BCUT2D eigenvalue weighted by Gasteiger charge is 2.26. The first-order valence-electron chi connectivity index (χ1n) is 5.90. The molecule has 1 aliphatic carbocycles. The van der Waals surface area contributed by atoms with Crippen LogP contribution in [0.15, 0.2) is 35.5 Å². The van der Waals surface area contributed by atoms with Crippen molar-refractivity contribution in [2.24, 2.45) is 5.41 Å². The van der Waals surface area contributed by atoms with Gasteiger partial charge >= 0.3 is 0 Å². The van der Waals surface area contributed by atoms with Crippen LogP contribution in [0.4, 0.5) is 0 Å². The van der Waals surface area contributed by atoms with Gasteiger partial charge in [-0.05, 0) is 42.7 Å². The summed E-state index contributed by atoms with van der Waals surface area (Å²) in [7, 11) is 0. The fourth-order valence-electron chi connectivity index (χ4n) is 2.37. The lowest BCUT2D eigenvalue weighted by Crippen LogP contribution is -2.19. The zero-order chi connectivity index (χ0) is 12.2. The molecule has 0 atom stereocenters. The van der Waals surface area contributed by atoms with Crippen molar-refractivity contribution in [1.82, 2.24) is 0 Å². The lowest BCUT2D eigenvalue weighted by Gasteiger charge is -2.32. The van der Waals surface area contributed by atoms with E-state index in [1.165, 1.54) is 30.4 Å². The van der Waals surface area contributed by atoms with E-state index in [2.05, 4.69) is 39.5 Å². The number of allylic oxidation sites excluding steroid dienone is 5. The number of hydrogen-bond donors (Lipinski definition) is 0. The second kappa shape index (κ2) is 5.16. The Labute approximate surface area is 99.2 Å². The van der Waals surface area contributed by atoms with E-state index < -0.39 is 0 Å². The highest BCUT2D eigenvalue weighted by atomic mass is 14.3. The van der Waals surface area contributed by atoms with Gasteiger partial charge in [-0.3, -0.25) is 0 Å². The van der Waals surface area contributed by atoms with Gasteiger partial charge in [-0.25, -0.2) is 0 Å². The first-order chi connectivity index (χ1) is 7.47. The molecule has 0 aliphatic heterocycles. The molecule has 0 bridgehead atoms. The van der Waals surface area contributed by atoms with E-state index in [4.69, 9.17) is 5.26 Å². The number of nitrogens with zero attached hydrogens (tertiary/aromatic N) is 1. The van der Waals surface area contributed by atoms with E-state index in [0.717, 1.165) is 5.57 Å². The van der Waals surface area contributed by atoms with Crippen molar-refractivity contribution >= 4 is 0 Å². The van der Waals surface area contributed by atoms with E-state index in [1.807, 2.05) is 6.08 Å². The highest BCUT2D eigenvalue weighted by Crippen LogP contribution is 2.40. The van der Waals surface area contributed by atoms with E-state index in [-0.39, 0.29) is 5.41 Å². The van der Waals surface area contributed by atoms with E-state index >= 15 is 0 Å². The fraction of sp³-hybridized carbons (Fsp3) is 0.533. The molecule has 0 aromatic carbocycles. The van der Waals surface area contributed by atoms with Crippen LogP contribution in [0.5, 0.6) is 0 Å². The maximum absolute atomic E-state index is 8.57. The van der Waals surface area contributed by atoms with E-state index in [9.17, 15) is 0 Å². The number of nitriles is 1. The average Bonchev–Trinajstić information content (AvgIpc) is 2.16. The van der Waals surface area contributed by atoms with Gasteiger partial charge in [0.05, 0.1) is 12.5 Å². The van der Waals surface area contributed by atoms with Crippen LogP contribution >= 0.6 is 0 Å². The summed E-state index contributed by atoms with van der Waals surface area (Å²) in [4.78, 5) is 0. The molecule has 0 aromatic heterocycles. The molecule has 1 nitrogen and oxygen atoms in total. The average molecular weight is 215 g/mol. The highest BCUT2D eigenvalue weighted by molar-refractivity contribution is 5.36. The largest absolute Gasteiger partial charge is 0.198 e. The Balaban J connectivity index is 2.86. The predicted molar refractivity (Wildman–Crippen MR) is 68.8 cm³/mol. The summed E-state index contributed by atoms with van der Waals surface area (Å²) in [5.41, 5.74) is 4.07. The summed E-state index contributed by atoms with van der Waals surface area (Å²) in [6.07, 6.45) is 8.31. The lowest BCUT2D eigenvalue weighted by atomic mass is 9.72. The Morgan fingerprint density at radius 3 is 2.81 bits per heavy atom. The molecule has 0 saturated carbocycles. The molecule has 86 valence electrons. The molecule has 0 amide bonds. The van der Waals surface area contributed by atoms with Gasteiger partial charge in [-0.15, -0.1) is 0 Å². The van der Waals surface area contributed by atoms with Gasteiger partial charge in [0, 0.05) is 0 Å². The van der Waals surface area contributed by atoms with Crippen LogP contribution in [-0.4, -0.2) is 0 Å². The Morgan fingerprint density at radius 1 is 1.56 bits per heavy atom. The quantitative estimate of drug-likeness (QED) is 0.634. The second-order valence-corrected chi connectivity index (χ2v) is 5.26. The Bertz CT molecular complexity index is 375. The predicted octanol–water partition coefficient (Wildman–Crippen LogP) is 4.54. The van der Waals surface area contributed by atoms with Crippen LogP contribution in [0.2, 0.25) is 0 Å². The van der Waals surface area contributed by atoms with Crippen LogP contribution in [0.25, 0.3) is 0 Å². The van der Waals surface area contributed by atoms with Crippen molar-refractivity contribution in [3.8, 4) is 6.07 Å². The minimum Gasteiger partial charge on any atom is -0.198 e. The maximum atomic E-state index is 8.57. The van der Waals surface area contributed by atoms with Gasteiger partial charge in [-0.2, -0.15) is 5.26 Å². The molecule has 0 saturated heterocycles. The molecule has 1 heteroatoms. The minimum atomic E-state index is 0.270. The third-order valence-corrected chi connectivity index (χ3v) is 3.33. The monoisotopic (exact) mass is 215 g/mol. The molecule has 1 aliphatic rings. The number of rotatable bonds is 3. The molecule has 0 N–H and O–H groups in total.